The van der Waals surface area contributed by atoms with E-state index in [-0.39, 0.29) is 12.4 Å². The number of halogens is 1. The van der Waals surface area contributed by atoms with E-state index in [1.807, 2.05) is 18.0 Å². The largest absolute Gasteiger partial charge is 0.396 e. The third-order valence-electron chi connectivity index (χ3n) is 2.17. The topological polar surface area (TPSA) is 23.5 Å². The minimum absolute atomic E-state index is 0.195. The highest BCUT2D eigenvalue weighted by Crippen LogP contribution is 2.17. The quantitative estimate of drug-likeness (QED) is 0.730. The summed E-state index contributed by atoms with van der Waals surface area (Å²) in [5.41, 5.74) is 0.616. The van der Waals surface area contributed by atoms with E-state index in [1.165, 1.54) is 6.07 Å². The van der Waals surface area contributed by atoms with E-state index in [1.54, 1.807) is 12.1 Å². The van der Waals surface area contributed by atoms with E-state index >= 15 is 0 Å². The van der Waals surface area contributed by atoms with Gasteiger partial charge in [-0.2, -0.15) is 0 Å². The molecular weight excluding hydrogens is 181 g/mol. The highest BCUT2D eigenvalue weighted by molar-refractivity contribution is 5.46. The fourth-order valence-electron chi connectivity index (χ4n) is 1.34. The molecule has 0 aliphatic rings. The van der Waals surface area contributed by atoms with E-state index in [4.69, 9.17) is 5.11 Å². The first-order valence-corrected chi connectivity index (χ1v) is 4.82. The fraction of sp³-hybridized carbons (Fsp3) is 0.455. The van der Waals surface area contributed by atoms with Crippen molar-refractivity contribution in [2.24, 2.45) is 0 Å². The lowest BCUT2D eigenvalue weighted by Gasteiger charge is -2.19. The van der Waals surface area contributed by atoms with E-state index in [9.17, 15) is 4.39 Å². The summed E-state index contributed by atoms with van der Waals surface area (Å²) in [6.07, 6.45) is 1.64. The molecule has 0 radical (unpaired) electrons. The third kappa shape index (κ3) is 3.00. The van der Waals surface area contributed by atoms with Crippen LogP contribution in [0.25, 0.3) is 0 Å². The molecule has 0 spiro atoms. The number of nitrogens with zero attached hydrogens (tertiary/aromatic N) is 1. The van der Waals surface area contributed by atoms with Crippen molar-refractivity contribution in [2.75, 3.05) is 25.1 Å². The minimum Gasteiger partial charge on any atom is -0.396 e. The monoisotopic (exact) mass is 197 g/mol. The minimum atomic E-state index is -0.195. The first kappa shape index (κ1) is 11.0. The lowest BCUT2D eigenvalue weighted by atomic mass is 10.2. The summed E-state index contributed by atoms with van der Waals surface area (Å²) in [5, 5.41) is 8.61. The molecule has 0 heterocycles. The van der Waals surface area contributed by atoms with Gasteiger partial charge < -0.3 is 10.0 Å². The lowest BCUT2D eigenvalue weighted by Crippen LogP contribution is -2.19. The van der Waals surface area contributed by atoms with Crippen LogP contribution in [0.3, 0.4) is 0 Å². The van der Waals surface area contributed by atoms with Gasteiger partial charge in [0.25, 0.3) is 0 Å². The molecule has 2 nitrogen and oxygen atoms in total. The molecule has 0 bridgehead atoms. The predicted octanol–water partition coefficient (Wildman–Crippen LogP) is 2.03. The molecule has 1 aromatic carbocycles. The number of para-hydroxylation sites is 1. The number of aliphatic hydroxyl groups is 1. The van der Waals surface area contributed by atoms with Crippen LogP contribution >= 0.6 is 0 Å². The zero-order chi connectivity index (χ0) is 10.4. The predicted molar refractivity (Wildman–Crippen MR) is 56.0 cm³/mol. The molecular formula is C11H16FNO. The Bertz CT molecular complexity index is 278. The number of unbranched alkanes of at least 4 members (excludes halogenated alkanes) is 1. The Hall–Kier alpha value is -1.09. The van der Waals surface area contributed by atoms with Gasteiger partial charge in [-0.05, 0) is 25.0 Å². The molecule has 0 saturated carbocycles. The highest BCUT2D eigenvalue weighted by atomic mass is 19.1. The van der Waals surface area contributed by atoms with Crippen LogP contribution in [-0.2, 0) is 0 Å². The van der Waals surface area contributed by atoms with E-state index in [0.29, 0.717) is 5.69 Å². The van der Waals surface area contributed by atoms with Gasteiger partial charge in [-0.15, -0.1) is 0 Å². The van der Waals surface area contributed by atoms with Crippen molar-refractivity contribution in [2.45, 2.75) is 12.8 Å². The van der Waals surface area contributed by atoms with Gasteiger partial charge in [0, 0.05) is 20.2 Å². The second-order valence-electron chi connectivity index (χ2n) is 3.30. The second kappa shape index (κ2) is 5.60. The van der Waals surface area contributed by atoms with Gasteiger partial charge in [0.1, 0.15) is 5.82 Å². The molecule has 1 N–H and O–H groups in total. The van der Waals surface area contributed by atoms with Crippen LogP contribution in [0, 0.1) is 5.82 Å². The van der Waals surface area contributed by atoms with Crippen LogP contribution in [0.2, 0.25) is 0 Å². The first-order chi connectivity index (χ1) is 6.75. The number of hydrogen-bond acceptors (Lipinski definition) is 2. The van der Waals surface area contributed by atoms with E-state index in [2.05, 4.69) is 0 Å². The number of benzene rings is 1. The molecule has 78 valence electrons. The normalized spacial score (nSPS) is 10.2. The van der Waals surface area contributed by atoms with Gasteiger partial charge in [-0.25, -0.2) is 4.39 Å². The summed E-state index contributed by atoms with van der Waals surface area (Å²) in [7, 11) is 1.86. The Labute approximate surface area is 84.0 Å². The molecule has 3 heteroatoms. The molecule has 0 saturated heterocycles. The molecule has 0 aromatic heterocycles. The Morgan fingerprint density at radius 2 is 2.00 bits per heavy atom. The van der Waals surface area contributed by atoms with Crippen molar-refractivity contribution in [3.63, 3.8) is 0 Å². The average Bonchev–Trinajstić information content (AvgIpc) is 2.18. The molecule has 0 unspecified atom stereocenters. The maximum Gasteiger partial charge on any atom is 0.146 e. The number of hydrogen-bond donors (Lipinski definition) is 1. The van der Waals surface area contributed by atoms with Crippen molar-refractivity contribution in [1.29, 1.82) is 0 Å². The third-order valence-corrected chi connectivity index (χ3v) is 2.17. The lowest BCUT2D eigenvalue weighted by molar-refractivity contribution is 0.285. The average molecular weight is 197 g/mol. The van der Waals surface area contributed by atoms with Gasteiger partial charge in [0.15, 0.2) is 0 Å². The van der Waals surface area contributed by atoms with Crippen molar-refractivity contribution in [3.05, 3.63) is 30.1 Å². The van der Waals surface area contributed by atoms with Gasteiger partial charge in [-0.3, -0.25) is 0 Å². The Morgan fingerprint density at radius 1 is 1.29 bits per heavy atom. The summed E-state index contributed by atoms with van der Waals surface area (Å²) in [4.78, 5) is 1.87. The fourth-order valence-corrected chi connectivity index (χ4v) is 1.34. The second-order valence-corrected chi connectivity index (χ2v) is 3.30. The summed E-state index contributed by atoms with van der Waals surface area (Å²) < 4.78 is 13.3. The number of rotatable bonds is 5. The van der Waals surface area contributed by atoms with Crippen LogP contribution < -0.4 is 4.90 Å². The summed E-state index contributed by atoms with van der Waals surface area (Å²) in [6.45, 7) is 0.965. The zero-order valence-electron chi connectivity index (χ0n) is 8.41. The van der Waals surface area contributed by atoms with Crippen molar-refractivity contribution >= 4 is 5.69 Å². The number of anilines is 1. The summed E-state index contributed by atoms with van der Waals surface area (Å²) >= 11 is 0. The maximum absolute atomic E-state index is 13.3. The molecule has 0 aliphatic carbocycles. The Kier molecular flexibility index (Phi) is 4.40. The molecule has 14 heavy (non-hydrogen) atoms. The Morgan fingerprint density at radius 3 is 2.64 bits per heavy atom. The van der Waals surface area contributed by atoms with Crippen LogP contribution in [0.1, 0.15) is 12.8 Å². The standard InChI is InChI=1S/C11H16FNO/c1-13(8-4-5-9-14)11-7-3-2-6-10(11)12/h2-3,6-7,14H,4-5,8-9H2,1H3. The van der Waals surface area contributed by atoms with Gasteiger partial charge >= 0.3 is 0 Å². The van der Waals surface area contributed by atoms with Crippen LogP contribution in [0.15, 0.2) is 24.3 Å². The molecule has 1 aromatic rings. The van der Waals surface area contributed by atoms with E-state index in [0.717, 1.165) is 19.4 Å². The molecule has 0 atom stereocenters. The molecule has 1 rings (SSSR count). The van der Waals surface area contributed by atoms with Crippen molar-refractivity contribution in [1.82, 2.24) is 0 Å². The summed E-state index contributed by atoms with van der Waals surface area (Å²) in [6, 6.07) is 6.72. The molecule has 0 amide bonds. The van der Waals surface area contributed by atoms with Crippen molar-refractivity contribution < 1.29 is 9.50 Å². The van der Waals surface area contributed by atoms with Gasteiger partial charge in [0.2, 0.25) is 0 Å². The Balaban J connectivity index is 2.51. The zero-order valence-corrected chi connectivity index (χ0v) is 8.41. The highest BCUT2D eigenvalue weighted by Gasteiger charge is 2.04. The van der Waals surface area contributed by atoms with Crippen LogP contribution in [0.5, 0.6) is 0 Å². The van der Waals surface area contributed by atoms with Gasteiger partial charge in [-0.1, -0.05) is 12.1 Å². The summed E-state index contributed by atoms with van der Waals surface area (Å²) in [5.74, 6) is -0.195. The molecule has 0 fully saturated rings. The SMILES string of the molecule is CN(CCCCO)c1ccccc1F. The van der Waals surface area contributed by atoms with Gasteiger partial charge in [0.05, 0.1) is 5.69 Å². The van der Waals surface area contributed by atoms with Crippen LogP contribution in [-0.4, -0.2) is 25.3 Å². The molecule has 0 aliphatic heterocycles. The maximum atomic E-state index is 13.3. The van der Waals surface area contributed by atoms with E-state index < -0.39 is 0 Å². The first-order valence-electron chi connectivity index (χ1n) is 4.82. The smallest absolute Gasteiger partial charge is 0.146 e. The van der Waals surface area contributed by atoms with Crippen LogP contribution in [0.4, 0.5) is 10.1 Å². The number of aliphatic hydroxyl groups excluding tert-OH is 1. The van der Waals surface area contributed by atoms with Crippen molar-refractivity contribution in [3.8, 4) is 0 Å².